The number of hydrogen-bond donors (Lipinski definition) is 0. The van der Waals surface area contributed by atoms with E-state index in [-0.39, 0.29) is 0 Å². The van der Waals surface area contributed by atoms with Crippen LogP contribution in [0.1, 0.15) is 54.5 Å². The zero-order valence-electron chi connectivity index (χ0n) is 19.8. The molecule has 1 aliphatic carbocycles. The number of para-hydroxylation sites is 1. The average Bonchev–Trinajstić information content (AvgIpc) is 3.34. The fourth-order valence-corrected chi connectivity index (χ4v) is 5.86. The lowest BCUT2D eigenvalue weighted by molar-refractivity contribution is 0.591. The molecule has 0 spiro atoms. The molecule has 0 amide bonds. The summed E-state index contributed by atoms with van der Waals surface area (Å²) >= 11 is 0. The van der Waals surface area contributed by atoms with E-state index in [4.69, 9.17) is 0 Å². The minimum atomic E-state index is 0.509. The molecule has 0 saturated carbocycles. The van der Waals surface area contributed by atoms with Gasteiger partial charge in [-0.15, -0.1) is 0 Å². The molecule has 0 N–H and O–H groups in total. The van der Waals surface area contributed by atoms with Gasteiger partial charge in [0.05, 0.1) is 0 Å². The monoisotopic (exact) mass is 429 g/mol. The summed E-state index contributed by atoms with van der Waals surface area (Å²) < 4.78 is 0. The molecule has 0 unspecified atom stereocenters. The van der Waals surface area contributed by atoms with E-state index in [1.165, 1.54) is 55.8 Å². The molecule has 1 nitrogen and oxygen atoms in total. The molecule has 33 heavy (non-hydrogen) atoms. The maximum atomic E-state index is 2.60. The van der Waals surface area contributed by atoms with Gasteiger partial charge in [0.1, 0.15) is 0 Å². The van der Waals surface area contributed by atoms with E-state index >= 15 is 0 Å². The van der Waals surface area contributed by atoms with Crippen molar-refractivity contribution in [3.8, 4) is 22.3 Å². The predicted octanol–water partition coefficient (Wildman–Crippen LogP) is 8.00. The van der Waals surface area contributed by atoms with E-state index in [0.29, 0.717) is 12.0 Å². The van der Waals surface area contributed by atoms with Gasteiger partial charge in [0, 0.05) is 24.2 Å². The van der Waals surface area contributed by atoms with Crippen molar-refractivity contribution in [2.24, 2.45) is 0 Å². The average molecular weight is 430 g/mol. The summed E-state index contributed by atoms with van der Waals surface area (Å²) in [5, 5.41) is 0. The van der Waals surface area contributed by atoms with Crippen LogP contribution in [0.15, 0.2) is 84.9 Å². The van der Waals surface area contributed by atoms with Crippen LogP contribution in [-0.2, 0) is 19.4 Å². The van der Waals surface area contributed by atoms with Crippen molar-refractivity contribution in [3.63, 3.8) is 0 Å². The maximum Gasteiger partial charge on any atom is 0.0433 e. The largest absolute Gasteiger partial charge is 0.364 e. The highest BCUT2D eigenvalue weighted by Crippen LogP contribution is 2.42. The third-order valence-electron chi connectivity index (χ3n) is 7.89. The van der Waals surface area contributed by atoms with Crippen molar-refractivity contribution < 1.29 is 0 Å². The van der Waals surface area contributed by atoms with E-state index in [9.17, 15) is 0 Å². The van der Waals surface area contributed by atoms with Crippen LogP contribution < -0.4 is 4.90 Å². The summed E-state index contributed by atoms with van der Waals surface area (Å²) in [4.78, 5) is 2.60. The van der Waals surface area contributed by atoms with Crippen LogP contribution in [0.25, 0.3) is 22.3 Å². The SMILES string of the molecule is CCc1cc(CN2c3ccccc3[C@H](C)[C@@H]2C)cc(-c2ccc3c(c2)Cc2ccccc2-3)c1. The Hall–Kier alpha value is -3.32. The summed E-state index contributed by atoms with van der Waals surface area (Å²) in [7, 11) is 0. The highest BCUT2D eigenvalue weighted by molar-refractivity contribution is 5.80. The van der Waals surface area contributed by atoms with Crippen molar-refractivity contribution in [1.29, 1.82) is 0 Å². The zero-order chi connectivity index (χ0) is 22.5. The normalized spacial score (nSPS) is 18.2. The van der Waals surface area contributed by atoms with E-state index in [0.717, 1.165) is 19.4 Å². The van der Waals surface area contributed by atoms with Crippen LogP contribution in [0.4, 0.5) is 5.69 Å². The zero-order valence-corrected chi connectivity index (χ0v) is 19.8. The van der Waals surface area contributed by atoms with Gasteiger partial charge >= 0.3 is 0 Å². The van der Waals surface area contributed by atoms with Crippen LogP contribution in [0.5, 0.6) is 0 Å². The first-order valence-electron chi connectivity index (χ1n) is 12.3. The van der Waals surface area contributed by atoms with Gasteiger partial charge in [0.15, 0.2) is 0 Å². The molecule has 0 bridgehead atoms. The molecule has 2 atom stereocenters. The first kappa shape index (κ1) is 20.3. The minimum Gasteiger partial charge on any atom is -0.364 e. The number of benzene rings is 4. The highest BCUT2D eigenvalue weighted by Gasteiger charge is 2.32. The molecule has 6 rings (SSSR count). The van der Waals surface area contributed by atoms with Crippen molar-refractivity contribution >= 4 is 5.69 Å². The topological polar surface area (TPSA) is 3.24 Å². The Morgan fingerprint density at radius 3 is 2.36 bits per heavy atom. The number of anilines is 1. The molecule has 2 aliphatic rings. The van der Waals surface area contributed by atoms with Crippen molar-refractivity contribution in [2.45, 2.75) is 52.1 Å². The molecule has 1 heteroatoms. The smallest absolute Gasteiger partial charge is 0.0433 e. The van der Waals surface area contributed by atoms with Crippen LogP contribution in [-0.4, -0.2) is 6.04 Å². The first-order valence-corrected chi connectivity index (χ1v) is 12.3. The molecular formula is C32H31N. The van der Waals surface area contributed by atoms with Crippen LogP contribution in [0.2, 0.25) is 0 Å². The van der Waals surface area contributed by atoms with Gasteiger partial charge in [-0.05, 0) is 82.0 Å². The van der Waals surface area contributed by atoms with Gasteiger partial charge in [0.2, 0.25) is 0 Å². The first-order chi connectivity index (χ1) is 16.1. The molecule has 1 heterocycles. The molecule has 1 aliphatic heterocycles. The van der Waals surface area contributed by atoms with Gasteiger partial charge < -0.3 is 4.90 Å². The fourth-order valence-electron chi connectivity index (χ4n) is 5.86. The van der Waals surface area contributed by atoms with Gasteiger partial charge in [0.25, 0.3) is 0 Å². The Kier molecular flexibility index (Phi) is 4.87. The lowest BCUT2D eigenvalue weighted by atomic mass is 9.95. The molecule has 164 valence electrons. The standard InChI is InChI=1S/C32H31N/c1-4-23-15-24(20-33-22(3)21(2)29-10-7-8-12-32(29)33)17-27(16-23)25-13-14-31-28(18-25)19-26-9-5-6-11-30(26)31/h5-18,21-22H,4,19-20H2,1-3H3/t21-,22+/m1/s1. The second kappa shape index (κ2) is 7.92. The number of rotatable bonds is 4. The summed E-state index contributed by atoms with van der Waals surface area (Å²) in [5.41, 5.74) is 14.1. The number of hydrogen-bond acceptors (Lipinski definition) is 1. The van der Waals surface area contributed by atoms with E-state index in [1.54, 1.807) is 0 Å². The van der Waals surface area contributed by atoms with Crippen LogP contribution >= 0.6 is 0 Å². The predicted molar refractivity (Wildman–Crippen MR) is 140 cm³/mol. The van der Waals surface area contributed by atoms with Crippen molar-refractivity contribution in [1.82, 2.24) is 0 Å². The summed E-state index contributed by atoms with van der Waals surface area (Å²) in [5.74, 6) is 0.563. The fraction of sp³-hybridized carbons (Fsp3) is 0.250. The highest BCUT2D eigenvalue weighted by atomic mass is 15.2. The number of aryl methyl sites for hydroxylation is 1. The quantitative estimate of drug-likeness (QED) is 0.280. The molecule has 0 aromatic heterocycles. The van der Waals surface area contributed by atoms with Crippen LogP contribution in [0, 0.1) is 0 Å². The van der Waals surface area contributed by atoms with Gasteiger partial charge in [-0.2, -0.15) is 0 Å². The lowest BCUT2D eigenvalue weighted by Crippen LogP contribution is -2.30. The van der Waals surface area contributed by atoms with E-state index in [2.05, 4.69) is 111 Å². The third-order valence-corrected chi connectivity index (χ3v) is 7.89. The summed E-state index contributed by atoms with van der Waals surface area (Å²) in [6.45, 7) is 7.95. The summed E-state index contributed by atoms with van der Waals surface area (Å²) in [6, 6.07) is 32.5. The van der Waals surface area contributed by atoms with E-state index < -0.39 is 0 Å². The number of nitrogens with zero attached hydrogens (tertiary/aromatic N) is 1. The van der Waals surface area contributed by atoms with Crippen molar-refractivity contribution in [2.75, 3.05) is 4.90 Å². The van der Waals surface area contributed by atoms with Crippen LogP contribution in [0.3, 0.4) is 0 Å². The maximum absolute atomic E-state index is 2.60. The lowest BCUT2D eigenvalue weighted by Gasteiger charge is -2.27. The second-order valence-electron chi connectivity index (χ2n) is 9.81. The molecular weight excluding hydrogens is 398 g/mol. The molecule has 0 fully saturated rings. The van der Waals surface area contributed by atoms with Gasteiger partial charge in [-0.1, -0.05) is 86.6 Å². The number of fused-ring (bicyclic) bond motifs is 4. The van der Waals surface area contributed by atoms with E-state index in [1.807, 2.05) is 0 Å². The Bertz CT molecular complexity index is 1350. The molecule has 0 radical (unpaired) electrons. The van der Waals surface area contributed by atoms with Crippen molar-refractivity contribution in [3.05, 3.63) is 113 Å². The Morgan fingerprint density at radius 2 is 1.48 bits per heavy atom. The Morgan fingerprint density at radius 1 is 0.727 bits per heavy atom. The molecule has 4 aromatic rings. The second-order valence-corrected chi connectivity index (χ2v) is 9.81. The van der Waals surface area contributed by atoms with Gasteiger partial charge in [-0.25, -0.2) is 0 Å². The molecule has 4 aromatic carbocycles. The summed E-state index contributed by atoms with van der Waals surface area (Å²) in [6.07, 6.45) is 2.10. The van der Waals surface area contributed by atoms with Gasteiger partial charge in [-0.3, -0.25) is 0 Å². The third kappa shape index (κ3) is 3.38. The molecule has 0 saturated heterocycles. The minimum absolute atomic E-state index is 0.509. The Labute approximate surface area is 197 Å². The Balaban J connectivity index is 1.36.